The number of amides is 2. The van der Waals surface area contributed by atoms with Crippen LogP contribution in [0.1, 0.15) is 6.42 Å². The number of anilines is 1. The highest BCUT2D eigenvalue weighted by Gasteiger charge is 2.20. The van der Waals surface area contributed by atoms with E-state index in [0.29, 0.717) is 18.0 Å². The van der Waals surface area contributed by atoms with Gasteiger partial charge in [-0.3, -0.25) is 14.3 Å². The average molecular weight is 237 g/mol. The number of nitrogens with zero attached hydrogens (tertiary/aromatic N) is 2. The third kappa shape index (κ3) is 3.28. The molecule has 0 spiro atoms. The maximum atomic E-state index is 11.6. The van der Waals surface area contributed by atoms with Gasteiger partial charge >= 0.3 is 0 Å². The summed E-state index contributed by atoms with van der Waals surface area (Å²) in [5.41, 5.74) is 5.62. The molecule has 2 amide bonds. The van der Waals surface area contributed by atoms with E-state index >= 15 is 0 Å². The molecule has 1 saturated heterocycles. The number of aromatic nitrogens is 2. The second-order valence-electron chi connectivity index (χ2n) is 4.17. The van der Waals surface area contributed by atoms with Crippen LogP contribution in [-0.2, 0) is 16.1 Å². The van der Waals surface area contributed by atoms with E-state index in [4.69, 9.17) is 5.73 Å². The molecule has 0 radical (unpaired) electrons. The lowest BCUT2D eigenvalue weighted by Gasteiger charge is -2.26. The Balaban J connectivity index is 1.83. The number of carbonyl (C=O) groups excluding carboxylic acids is 2. The standard InChI is InChI=1S/C10H15N5O2/c11-9(16)6-15-5-8(4-13-15)14-10(17)1-7-2-12-3-7/h4-5,7,12H,1-3,6H2,(H2,11,16)(H,14,17). The van der Waals surface area contributed by atoms with Crippen molar-refractivity contribution in [2.24, 2.45) is 11.7 Å². The zero-order chi connectivity index (χ0) is 12.3. The Bertz CT molecular complexity index is 424. The van der Waals surface area contributed by atoms with Crippen LogP contribution in [0.3, 0.4) is 0 Å². The Morgan fingerprint density at radius 3 is 2.94 bits per heavy atom. The van der Waals surface area contributed by atoms with Crippen molar-refractivity contribution in [3.8, 4) is 0 Å². The average Bonchev–Trinajstić information content (AvgIpc) is 2.58. The zero-order valence-electron chi connectivity index (χ0n) is 9.35. The molecule has 0 aliphatic carbocycles. The third-order valence-electron chi connectivity index (χ3n) is 2.57. The van der Waals surface area contributed by atoms with Crippen molar-refractivity contribution in [2.75, 3.05) is 18.4 Å². The van der Waals surface area contributed by atoms with Crippen LogP contribution in [-0.4, -0.2) is 34.7 Å². The van der Waals surface area contributed by atoms with Crippen LogP contribution in [0.25, 0.3) is 0 Å². The van der Waals surface area contributed by atoms with Gasteiger partial charge in [0.05, 0.1) is 11.9 Å². The van der Waals surface area contributed by atoms with E-state index in [1.807, 2.05) is 0 Å². The summed E-state index contributed by atoms with van der Waals surface area (Å²) in [7, 11) is 0. The van der Waals surface area contributed by atoms with Crippen molar-refractivity contribution in [1.29, 1.82) is 0 Å². The second kappa shape index (κ2) is 4.96. The van der Waals surface area contributed by atoms with Crippen LogP contribution >= 0.6 is 0 Å². The van der Waals surface area contributed by atoms with Crippen LogP contribution in [0.2, 0.25) is 0 Å². The summed E-state index contributed by atoms with van der Waals surface area (Å²) in [6.07, 6.45) is 3.59. The van der Waals surface area contributed by atoms with Crippen molar-refractivity contribution in [3.63, 3.8) is 0 Å². The molecule has 7 nitrogen and oxygen atoms in total. The fourth-order valence-electron chi connectivity index (χ4n) is 1.64. The molecule has 0 saturated carbocycles. The molecule has 1 aliphatic rings. The van der Waals surface area contributed by atoms with Crippen LogP contribution in [0.15, 0.2) is 12.4 Å². The Labute approximate surface area is 98.4 Å². The molecular formula is C10H15N5O2. The summed E-state index contributed by atoms with van der Waals surface area (Å²) in [5.74, 6) is -0.0719. The van der Waals surface area contributed by atoms with E-state index in [1.54, 1.807) is 6.20 Å². The van der Waals surface area contributed by atoms with E-state index in [9.17, 15) is 9.59 Å². The second-order valence-corrected chi connectivity index (χ2v) is 4.17. The molecule has 7 heteroatoms. The van der Waals surface area contributed by atoms with Crippen molar-refractivity contribution < 1.29 is 9.59 Å². The van der Waals surface area contributed by atoms with Crippen LogP contribution < -0.4 is 16.4 Å². The third-order valence-corrected chi connectivity index (χ3v) is 2.57. The summed E-state index contributed by atoms with van der Waals surface area (Å²) >= 11 is 0. The minimum atomic E-state index is -0.466. The molecule has 0 unspecified atom stereocenters. The van der Waals surface area contributed by atoms with Gasteiger partial charge in [0.1, 0.15) is 6.54 Å². The van der Waals surface area contributed by atoms with E-state index < -0.39 is 5.91 Å². The molecule has 92 valence electrons. The van der Waals surface area contributed by atoms with E-state index in [0.717, 1.165) is 13.1 Å². The first-order valence-electron chi connectivity index (χ1n) is 5.45. The first-order chi connectivity index (χ1) is 8.13. The molecule has 1 aromatic rings. The highest BCUT2D eigenvalue weighted by atomic mass is 16.2. The summed E-state index contributed by atoms with van der Waals surface area (Å²) in [5, 5.41) is 9.75. The monoisotopic (exact) mass is 237 g/mol. The van der Waals surface area contributed by atoms with Gasteiger partial charge in [0.2, 0.25) is 11.8 Å². The minimum absolute atomic E-state index is 0.0163. The number of carbonyl (C=O) groups is 2. The summed E-state index contributed by atoms with van der Waals surface area (Å²) in [6, 6.07) is 0. The number of rotatable bonds is 5. The number of hydrogen-bond donors (Lipinski definition) is 3. The van der Waals surface area contributed by atoms with Gasteiger partial charge in [0, 0.05) is 12.6 Å². The van der Waals surface area contributed by atoms with Crippen molar-refractivity contribution in [3.05, 3.63) is 12.4 Å². The van der Waals surface area contributed by atoms with Gasteiger partial charge in [0.15, 0.2) is 0 Å². The van der Waals surface area contributed by atoms with E-state index in [-0.39, 0.29) is 12.5 Å². The van der Waals surface area contributed by atoms with Gasteiger partial charge < -0.3 is 16.4 Å². The van der Waals surface area contributed by atoms with Gasteiger partial charge in [-0.1, -0.05) is 0 Å². The molecule has 2 rings (SSSR count). The maximum absolute atomic E-state index is 11.6. The SMILES string of the molecule is NC(=O)Cn1cc(NC(=O)CC2CNC2)cn1. The van der Waals surface area contributed by atoms with Gasteiger partial charge in [-0.05, 0) is 19.0 Å². The number of hydrogen-bond acceptors (Lipinski definition) is 4. The number of nitrogens with two attached hydrogens (primary N) is 1. The quantitative estimate of drug-likeness (QED) is 0.606. The smallest absolute Gasteiger partial charge is 0.239 e. The zero-order valence-corrected chi connectivity index (χ0v) is 9.35. The van der Waals surface area contributed by atoms with Crippen LogP contribution in [0, 0.1) is 5.92 Å². The Kier molecular flexibility index (Phi) is 3.38. The molecule has 1 aliphatic heterocycles. The fraction of sp³-hybridized carbons (Fsp3) is 0.500. The van der Waals surface area contributed by atoms with Crippen molar-refractivity contribution >= 4 is 17.5 Å². The lowest BCUT2D eigenvalue weighted by Crippen LogP contribution is -2.43. The predicted molar refractivity (Wildman–Crippen MR) is 61.0 cm³/mol. The first kappa shape index (κ1) is 11.6. The largest absolute Gasteiger partial charge is 0.368 e. The summed E-state index contributed by atoms with van der Waals surface area (Å²) in [4.78, 5) is 22.2. The lowest BCUT2D eigenvalue weighted by molar-refractivity contribution is -0.119. The van der Waals surface area contributed by atoms with E-state index in [2.05, 4.69) is 15.7 Å². The van der Waals surface area contributed by atoms with Gasteiger partial charge in [-0.2, -0.15) is 5.10 Å². The Morgan fingerprint density at radius 1 is 1.59 bits per heavy atom. The molecular weight excluding hydrogens is 222 g/mol. The molecule has 2 heterocycles. The topological polar surface area (TPSA) is 102 Å². The highest BCUT2D eigenvalue weighted by Crippen LogP contribution is 2.11. The van der Waals surface area contributed by atoms with Gasteiger partial charge in [-0.25, -0.2) is 0 Å². The Hall–Kier alpha value is -1.89. The molecule has 4 N–H and O–H groups in total. The molecule has 17 heavy (non-hydrogen) atoms. The fourth-order valence-corrected chi connectivity index (χ4v) is 1.64. The van der Waals surface area contributed by atoms with E-state index in [1.165, 1.54) is 10.9 Å². The van der Waals surface area contributed by atoms with Crippen molar-refractivity contribution in [2.45, 2.75) is 13.0 Å². The molecule has 1 fully saturated rings. The van der Waals surface area contributed by atoms with Crippen LogP contribution in [0.5, 0.6) is 0 Å². The predicted octanol–water partition coefficient (Wildman–Crippen LogP) is -1.08. The summed E-state index contributed by atoms with van der Waals surface area (Å²) < 4.78 is 1.39. The van der Waals surface area contributed by atoms with Crippen molar-refractivity contribution in [1.82, 2.24) is 15.1 Å². The molecule has 0 aromatic carbocycles. The normalized spacial score (nSPS) is 15.3. The van der Waals surface area contributed by atoms with Crippen LogP contribution in [0.4, 0.5) is 5.69 Å². The molecule has 0 atom stereocenters. The molecule has 1 aromatic heterocycles. The minimum Gasteiger partial charge on any atom is -0.368 e. The van der Waals surface area contributed by atoms with Gasteiger partial charge in [-0.15, -0.1) is 0 Å². The van der Waals surface area contributed by atoms with Gasteiger partial charge in [0.25, 0.3) is 0 Å². The number of nitrogens with one attached hydrogen (secondary N) is 2. The number of primary amides is 1. The molecule has 0 bridgehead atoms. The Morgan fingerprint density at radius 2 is 2.35 bits per heavy atom. The maximum Gasteiger partial charge on any atom is 0.239 e. The summed E-state index contributed by atoms with van der Waals surface area (Å²) in [6.45, 7) is 1.81. The highest BCUT2D eigenvalue weighted by molar-refractivity contribution is 5.90. The first-order valence-corrected chi connectivity index (χ1v) is 5.45. The lowest BCUT2D eigenvalue weighted by atomic mass is 9.99.